The van der Waals surface area contributed by atoms with Crippen molar-refractivity contribution < 1.29 is 22.7 Å². The van der Waals surface area contributed by atoms with E-state index >= 15 is 0 Å². The van der Waals surface area contributed by atoms with Crippen molar-refractivity contribution in [3.8, 4) is 11.3 Å². The molecule has 31 heavy (non-hydrogen) atoms. The Morgan fingerprint density at radius 3 is 2.35 bits per heavy atom. The van der Waals surface area contributed by atoms with Gasteiger partial charge in [-0.1, -0.05) is 54.6 Å². The van der Waals surface area contributed by atoms with Gasteiger partial charge in [-0.05, 0) is 29.8 Å². The lowest BCUT2D eigenvalue weighted by Gasteiger charge is -2.07. The number of benzene rings is 3. The van der Waals surface area contributed by atoms with Gasteiger partial charge in [0, 0.05) is 17.2 Å². The van der Waals surface area contributed by atoms with Crippen molar-refractivity contribution in [2.45, 2.75) is 4.90 Å². The Kier molecular flexibility index (Phi) is 5.44. The Hall–Kier alpha value is -3.71. The number of Topliss-reactive ketones (excluding diaryl/α,β-unsaturated/α-hetero) is 1. The van der Waals surface area contributed by atoms with Gasteiger partial charge in [0.05, 0.1) is 21.7 Å². The molecule has 0 aliphatic heterocycles. The van der Waals surface area contributed by atoms with Gasteiger partial charge < -0.3 is 9.72 Å². The van der Waals surface area contributed by atoms with Crippen LogP contribution >= 0.6 is 0 Å². The molecule has 4 rings (SSSR count). The van der Waals surface area contributed by atoms with E-state index in [2.05, 4.69) is 4.98 Å². The van der Waals surface area contributed by atoms with Gasteiger partial charge in [-0.15, -0.1) is 0 Å². The zero-order chi connectivity index (χ0) is 22.0. The summed E-state index contributed by atoms with van der Waals surface area (Å²) in [5.41, 5.74) is 2.81. The topological polar surface area (TPSA) is 93.3 Å². The Morgan fingerprint density at radius 1 is 0.903 bits per heavy atom. The molecule has 0 bridgehead atoms. The van der Waals surface area contributed by atoms with Crippen molar-refractivity contribution >= 4 is 32.5 Å². The van der Waals surface area contributed by atoms with Crippen molar-refractivity contribution in [2.75, 3.05) is 12.9 Å². The van der Waals surface area contributed by atoms with Crippen LogP contribution in [0.3, 0.4) is 0 Å². The number of H-pyrrole nitrogens is 1. The molecule has 0 radical (unpaired) electrons. The predicted octanol–water partition coefficient (Wildman–Crippen LogP) is 4.28. The van der Waals surface area contributed by atoms with E-state index in [0.717, 1.165) is 22.7 Å². The van der Waals surface area contributed by atoms with Crippen LogP contribution in [0.5, 0.6) is 0 Å². The lowest BCUT2D eigenvalue weighted by Crippen LogP contribution is -2.15. The summed E-state index contributed by atoms with van der Waals surface area (Å²) in [6.45, 7) is -0.469. The largest absolute Gasteiger partial charge is 0.454 e. The first kappa shape index (κ1) is 20.6. The number of carbonyl (C=O) groups is 2. The van der Waals surface area contributed by atoms with Crippen LogP contribution in [0, 0.1) is 0 Å². The molecule has 3 aromatic carbocycles. The molecule has 1 heterocycles. The number of esters is 1. The molecule has 156 valence electrons. The number of ketones is 1. The maximum absolute atomic E-state index is 13.1. The number of sulfone groups is 1. The van der Waals surface area contributed by atoms with Gasteiger partial charge in [-0.2, -0.15) is 0 Å². The summed E-state index contributed by atoms with van der Waals surface area (Å²) in [4.78, 5) is 28.8. The van der Waals surface area contributed by atoms with Crippen molar-refractivity contribution in [1.82, 2.24) is 4.98 Å². The summed E-state index contributed by atoms with van der Waals surface area (Å²) in [5.74, 6) is -1.12. The van der Waals surface area contributed by atoms with Gasteiger partial charge >= 0.3 is 5.97 Å². The number of rotatable bonds is 6. The monoisotopic (exact) mass is 433 g/mol. The van der Waals surface area contributed by atoms with Gasteiger partial charge in [0.1, 0.15) is 0 Å². The van der Waals surface area contributed by atoms with Crippen molar-refractivity contribution in [1.29, 1.82) is 0 Å². The number of carbonyl (C=O) groups excluding carboxylic acids is 2. The van der Waals surface area contributed by atoms with Crippen LogP contribution in [-0.4, -0.2) is 38.0 Å². The van der Waals surface area contributed by atoms with Crippen molar-refractivity contribution in [2.24, 2.45) is 0 Å². The SMILES string of the molecule is CS(=O)(=O)c1cccc(C(=O)OCC(=O)c2c(-c3ccccc3)[nH]c3ccccc23)c1. The number of ether oxygens (including phenoxy) is 1. The molecule has 1 N–H and O–H groups in total. The molecule has 0 atom stereocenters. The second-order valence-electron chi connectivity index (χ2n) is 7.09. The Labute approximate surface area is 179 Å². The minimum absolute atomic E-state index is 0.0104. The molecule has 0 saturated heterocycles. The minimum Gasteiger partial charge on any atom is -0.454 e. The lowest BCUT2D eigenvalue weighted by atomic mass is 10.0. The zero-order valence-corrected chi connectivity index (χ0v) is 17.5. The Balaban J connectivity index is 1.62. The highest BCUT2D eigenvalue weighted by Crippen LogP contribution is 2.30. The first-order valence-corrected chi connectivity index (χ1v) is 11.4. The van der Waals surface area contributed by atoms with E-state index in [1.165, 1.54) is 24.3 Å². The molecule has 0 fully saturated rings. The number of nitrogens with one attached hydrogen (secondary N) is 1. The van der Waals surface area contributed by atoms with E-state index in [1.807, 2.05) is 54.6 Å². The summed E-state index contributed by atoms with van der Waals surface area (Å²) >= 11 is 0. The van der Waals surface area contributed by atoms with E-state index < -0.39 is 22.4 Å². The molecule has 0 unspecified atom stereocenters. The minimum atomic E-state index is -3.47. The number of fused-ring (bicyclic) bond motifs is 1. The number of aromatic nitrogens is 1. The molecule has 0 spiro atoms. The summed E-state index contributed by atoms with van der Waals surface area (Å²) < 4.78 is 28.7. The molecular weight excluding hydrogens is 414 g/mol. The summed E-state index contributed by atoms with van der Waals surface area (Å²) in [6.07, 6.45) is 1.06. The zero-order valence-electron chi connectivity index (χ0n) is 16.7. The average Bonchev–Trinajstić information content (AvgIpc) is 3.17. The standard InChI is InChI=1S/C24H19NO5S/c1-31(28,29)18-11-7-10-17(14-18)24(27)30-15-21(26)22-19-12-5-6-13-20(19)25-23(22)16-8-3-2-4-9-16/h2-14,25H,15H2,1H3. The fourth-order valence-corrected chi connectivity index (χ4v) is 4.06. The summed E-state index contributed by atoms with van der Waals surface area (Å²) in [7, 11) is -3.47. The van der Waals surface area contributed by atoms with Crippen LogP contribution < -0.4 is 0 Å². The highest BCUT2D eigenvalue weighted by atomic mass is 32.2. The van der Waals surface area contributed by atoms with Crippen molar-refractivity contribution in [3.05, 3.63) is 90.0 Å². The smallest absolute Gasteiger partial charge is 0.338 e. The molecule has 1 aromatic heterocycles. The van der Waals surface area contributed by atoms with Gasteiger partial charge in [0.2, 0.25) is 5.78 Å². The quantitative estimate of drug-likeness (QED) is 0.362. The predicted molar refractivity (Wildman–Crippen MR) is 118 cm³/mol. The van der Waals surface area contributed by atoms with E-state index in [4.69, 9.17) is 4.74 Å². The number of hydrogen-bond donors (Lipinski definition) is 1. The number of hydrogen-bond acceptors (Lipinski definition) is 5. The normalized spacial score (nSPS) is 11.4. The maximum atomic E-state index is 13.1. The van der Waals surface area contributed by atoms with E-state index in [-0.39, 0.29) is 16.2 Å². The highest BCUT2D eigenvalue weighted by Gasteiger charge is 2.21. The molecule has 7 heteroatoms. The highest BCUT2D eigenvalue weighted by molar-refractivity contribution is 7.90. The van der Waals surface area contributed by atoms with Crippen LogP contribution in [0.25, 0.3) is 22.2 Å². The molecule has 4 aromatic rings. The lowest BCUT2D eigenvalue weighted by molar-refractivity contribution is 0.0475. The van der Waals surface area contributed by atoms with Gasteiger partial charge in [-0.3, -0.25) is 4.79 Å². The molecule has 0 aliphatic rings. The van der Waals surface area contributed by atoms with Crippen LogP contribution in [0.2, 0.25) is 0 Å². The van der Waals surface area contributed by atoms with E-state index in [1.54, 1.807) is 0 Å². The second-order valence-corrected chi connectivity index (χ2v) is 9.10. The average molecular weight is 433 g/mol. The molecule has 6 nitrogen and oxygen atoms in total. The molecule has 0 aliphatic carbocycles. The van der Waals surface area contributed by atoms with Crippen LogP contribution in [0.4, 0.5) is 0 Å². The van der Waals surface area contributed by atoms with Crippen LogP contribution in [0.15, 0.2) is 83.8 Å². The Bertz CT molecular complexity index is 1390. The third-order valence-corrected chi connectivity index (χ3v) is 5.99. The maximum Gasteiger partial charge on any atom is 0.338 e. The van der Waals surface area contributed by atoms with Gasteiger partial charge in [0.15, 0.2) is 16.4 Å². The third kappa shape index (κ3) is 4.27. The van der Waals surface area contributed by atoms with E-state index in [9.17, 15) is 18.0 Å². The molecular formula is C24H19NO5S. The van der Waals surface area contributed by atoms with Gasteiger partial charge in [-0.25, -0.2) is 13.2 Å². The number of aromatic amines is 1. The third-order valence-electron chi connectivity index (χ3n) is 4.88. The van der Waals surface area contributed by atoms with Crippen LogP contribution in [-0.2, 0) is 14.6 Å². The summed E-state index contributed by atoms with van der Waals surface area (Å²) in [5, 5.41) is 0.737. The number of para-hydroxylation sites is 1. The molecule has 0 amide bonds. The first-order chi connectivity index (χ1) is 14.8. The van der Waals surface area contributed by atoms with E-state index in [0.29, 0.717) is 11.3 Å². The molecule has 0 saturated carbocycles. The fraction of sp³-hybridized carbons (Fsp3) is 0.0833. The van der Waals surface area contributed by atoms with Crippen molar-refractivity contribution in [3.63, 3.8) is 0 Å². The fourth-order valence-electron chi connectivity index (χ4n) is 3.39. The summed E-state index contributed by atoms with van der Waals surface area (Å²) in [6, 6.07) is 22.4. The Morgan fingerprint density at radius 2 is 1.61 bits per heavy atom. The van der Waals surface area contributed by atoms with Gasteiger partial charge in [0.25, 0.3) is 0 Å². The first-order valence-electron chi connectivity index (χ1n) is 9.51. The second kappa shape index (κ2) is 8.20. The van der Waals surface area contributed by atoms with Crippen LogP contribution in [0.1, 0.15) is 20.7 Å².